The summed E-state index contributed by atoms with van der Waals surface area (Å²) in [6, 6.07) is 3.86. The molecule has 0 radical (unpaired) electrons. The minimum atomic E-state index is 0.500. The van der Waals surface area contributed by atoms with Gasteiger partial charge in [-0.05, 0) is 31.5 Å². The highest BCUT2D eigenvalue weighted by atomic mass is 15.1. The van der Waals surface area contributed by atoms with E-state index in [2.05, 4.69) is 27.7 Å². The van der Waals surface area contributed by atoms with Crippen LogP contribution in [0.5, 0.6) is 0 Å². The highest BCUT2D eigenvalue weighted by Crippen LogP contribution is 2.25. The van der Waals surface area contributed by atoms with Crippen LogP contribution in [0.2, 0.25) is 0 Å². The fraction of sp³-hybridized carbons (Fsp3) is 0.267. The van der Waals surface area contributed by atoms with Gasteiger partial charge in [0.2, 0.25) is 0 Å². The van der Waals surface area contributed by atoms with Crippen LogP contribution in [0.4, 0.5) is 0 Å². The second-order valence-corrected chi connectivity index (χ2v) is 4.72. The normalized spacial score (nSPS) is 11.2. The van der Waals surface area contributed by atoms with E-state index in [-0.39, 0.29) is 0 Å². The third-order valence-corrected chi connectivity index (χ3v) is 3.46. The molecule has 0 fully saturated rings. The number of rotatable bonds is 3. The molecule has 0 saturated carbocycles. The van der Waals surface area contributed by atoms with Crippen molar-refractivity contribution in [2.45, 2.75) is 26.9 Å². The maximum atomic E-state index is 5.82. The molecule has 0 unspecified atom stereocenters. The quantitative estimate of drug-likeness (QED) is 0.790. The van der Waals surface area contributed by atoms with Gasteiger partial charge < -0.3 is 10.3 Å². The SMILES string of the molecule is CCn1cc(CN)c2c(C)nc(-c3cccnc3)nc21. The van der Waals surface area contributed by atoms with Crippen molar-refractivity contribution in [3.05, 3.63) is 42.0 Å². The third-order valence-electron chi connectivity index (χ3n) is 3.46. The standard InChI is InChI=1S/C15H17N5/c1-3-20-9-12(7-16)13-10(2)18-14(19-15(13)20)11-5-4-6-17-8-11/h4-6,8-9H,3,7,16H2,1-2H3. The molecule has 0 spiro atoms. The maximum absolute atomic E-state index is 5.82. The summed E-state index contributed by atoms with van der Waals surface area (Å²) in [7, 11) is 0. The first kappa shape index (κ1) is 12.7. The molecule has 3 aromatic heterocycles. The van der Waals surface area contributed by atoms with Gasteiger partial charge in [-0.15, -0.1) is 0 Å². The molecule has 0 aromatic carbocycles. The number of nitrogens with zero attached hydrogens (tertiary/aromatic N) is 4. The Morgan fingerprint density at radius 2 is 2.15 bits per heavy atom. The summed E-state index contributed by atoms with van der Waals surface area (Å²) in [6.45, 7) is 5.46. The lowest BCUT2D eigenvalue weighted by atomic mass is 10.2. The first-order chi connectivity index (χ1) is 9.74. The second-order valence-electron chi connectivity index (χ2n) is 4.72. The molecule has 3 aromatic rings. The Morgan fingerprint density at radius 1 is 1.30 bits per heavy atom. The van der Waals surface area contributed by atoms with Crippen molar-refractivity contribution in [1.82, 2.24) is 19.5 Å². The summed E-state index contributed by atoms with van der Waals surface area (Å²) < 4.78 is 2.12. The van der Waals surface area contributed by atoms with Crippen LogP contribution in [-0.4, -0.2) is 19.5 Å². The molecular weight excluding hydrogens is 250 g/mol. The molecule has 5 nitrogen and oxygen atoms in total. The zero-order valence-corrected chi connectivity index (χ0v) is 11.7. The molecule has 3 rings (SSSR count). The van der Waals surface area contributed by atoms with Crippen LogP contribution in [0.25, 0.3) is 22.4 Å². The smallest absolute Gasteiger partial charge is 0.163 e. The Morgan fingerprint density at radius 3 is 2.80 bits per heavy atom. The van der Waals surface area contributed by atoms with Gasteiger partial charge in [0.15, 0.2) is 5.82 Å². The van der Waals surface area contributed by atoms with Gasteiger partial charge in [0.1, 0.15) is 5.65 Å². The molecule has 0 aliphatic carbocycles. The van der Waals surface area contributed by atoms with E-state index in [1.165, 1.54) is 0 Å². The molecule has 20 heavy (non-hydrogen) atoms. The van der Waals surface area contributed by atoms with E-state index in [9.17, 15) is 0 Å². The lowest BCUT2D eigenvalue weighted by Gasteiger charge is -2.05. The molecule has 0 amide bonds. The van der Waals surface area contributed by atoms with E-state index in [1.54, 1.807) is 12.4 Å². The summed E-state index contributed by atoms with van der Waals surface area (Å²) >= 11 is 0. The van der Waals surface area contributed by atoms with Crippen LogP contribution in [0.1, 0.15) is 18.2 Å². The van der Waals surface area contributed by atoms with Crippen LogP contribution in [0.3, 0.4) is 0 Å². The molecule has 0 aliphatic heterocycles. The van der Waals surface area contributed by atoms with E-state index >= 15 is 0 Å². The molecule has 0 aliphatic rings. The van der Waals surface area contributed by atoms with Crippen LogP contribution in [0, 0.1) is 6.92 Å². The zero-order valence-electron chi connectivity index (χ0n) is 11.7. The maximum Gasteiger partial charge on any atom is 0.163 e. The van der Waals surface area contributed by atoms with Gasteiger partial charge >= 0.3 is 0 Å². The summed E-state index contributed by atoms with van der Waals surface area (Å²) in [5.41, 5.74) is 9.75. The second kappa shape index (κ2) is 5.02. The van der Waals surface area contributed by atoms with Crippen LogP contribution in [-0.2, 0) is 13.1 Å². The Balaban J connectivity index is 2.28. The highest BCUT2D eigenvalue weighted by Gasteiger charge is 2.14. The minimum Gasteiger partial charge on any atom is -0.332 e. The Bertz CT molecular complexity index is 746. The molecule has 0 atom stereocenters. The van der Waals surface area contributed by atoms with Crippen LogP contribution < -0.4 is 5.73 Å². The van der Waals surface area contributed by atoms with Crippen molar-refractivity contribution < 1.29 is 0 Å². The van der Waals surface area contributed by atoms with Crippen molar-refractivity contribution in [2.75, 3.05) is 0 Å². The average molecular weight is 267 g/mol. The van der Waals surface area contributed by atoms with Gasteiger partial charge in [0, 0.05) is 42.6 Å². The monoisotopic (exact) mass is 267 g/mol. The van der Waals surface area contributed by atoms with E-state index in [4.69, 9.17) is 10.7 Å². The van der Waals surface area contributed by atoms with Gasteiger partial charge in [0.25, 0.3) is 0 Å². The first-order valence-electron chi connectivity index (χ1n) is 6.71. The molecular formula is C15H17N5. The van der Waals surface area contributed by atoms with Gasteiger partial charge in [0.05, 0.1) is 5.69 Å². The number of aryl methyl sites for hydroxylation is 2. The van der Waals surface area contributed by atoms with Crippen molar-refractivity contribution in [1.29, 1.82) is 0 Å². The Hall–Kier alpha value is -2.27. The summed E-state index contributed by atoms with van der Waals surface area (Å²) in [6.07, 6.45) is 5.60. The molecule has 2 N–H and O–H groups in total. The zero-order chi connectivity index (χ0) is 14.1. The summed E-state index contributed by atoms with van der Waals surface area (Å²) in [4.78, 5) is 13.4. The number of hydrogen-bond donors (Lipinski definition) is 1. The fourth-order valence-electron chi connectivity index (χ4n) is 2.48. The van der Waals surface area contributed by atoms with Crippen LogP contribution in [0.15, 0.2) is 30.7 Å². The van der Waals surface area contributed by atoms with E-state index in [1.807, 2.05) is 19.1 Å². The lowest BCUT2D eigenvalue weighted by molar-refractivity contribution is 0.782. The van der Waals surface area contributed by atoms with Crippen molar-refractivity contribution in [3.63, 3.8) is 0 Å². The predicted molar refractivity (Wildman–Crippen MR) is 79.1 cm³/mol. The summed E-state index contributed by atoms with van der Waals surface area (Å²) in [5.74, 6) is 0.708. The largest absolute Gasteiger partial charge is 0.332 e. The topological polar surface area (TPSA) is 69.6 Å². The molecule has 0 saturated heterocycles. The van der Waals surface area contributed by atoms with Gasteiger partial charge in [-0.2, -0.15) is 0 Å². The van der Waals surface area contributed by atoms with Crippen molar-refractivity contribution in [2.24, 2.45) is 5.73 Å². The van der Waals surface area contributed by atoms with Crippen molar-refractivity contribution >= 4 is 11.0 Å². The third kappa shape index (κ3) is 1.96. The molecule has 3 heterocycles. The van der Waals surface area contributed by atoms with E-state index in [0.29, 0.717) is 12.4 Å². The minimum absolute atomic E-state index is 0.500. The first-order valence-corrected chi connectivity index (χ1v) is 6.71. The molecule has 102 valence electrons. The van der Waals surface area contributed by atoms with Gasteiger partial charge in [-0.25, -0.2) is 9.97 Å². The lowest BCUT2D eigenvalue weighted by Crippen LogP contribution is -1.99. The Labute approximate surface area is 117 Å². The number of nitrogens with two attached hydrogens (primary N) is 1. The fourth-order valence-corrected chi connectivity index (χ4v) is 2.48. The Kier molecular flexibility index (Phi) is 3.20. The molecule has 0 bridgehead atoms. The van der Waals surface area contributed by atoms with Gasteiger partial charge in [-0.1, -0.05) is 0 Å². The number of hydrogen-bond acceptors (Lipinski definition) is 4. The number of fused-ring (bicyclic) bond motifs is 1. The van der Waals surface area contributed by atoms with Crippen molar-refractivity contribution in [3.8, 4) is 11.4 Å². The van der Waals surface area contributed by atoms with Gasteiger partial charge in [-0.3, -0.25) is 4.98 Å². The summed E-state index contributed by atoms with van der Waals surface area (Å²) in [5, 5.41) is 1.07. The number of aromatic nitrogens is 4. The predicted octanol–water partition coefficient (Wildman–Crippen LogP) is 2.28. The van der Waals surface area contributed by atoms with Crippen LogP contribution >= 0.6 is 0 Å². The highest BCUT2D eigenvalue weighted by molar-refractivity contribution is 5.84. The number of pyridine rings is 1. The van der Waals surface area contributed by atoms with E-state index in [0.717, 1.165) is 34.4 Å². The molecule has 5 heteroatoms. The van der Waals surface area contributed by atoms with E-state index < -0.39 is 0 Å². The average Bonchev–Trinajstić information content (AvgIpc) is 2.86.